The maximum Gasteiger partial charge on any atom is 0.243 e. The highest BCUT2D eigenvalue weighted by molar-refractivity contribution is 7.98. The van der Waals surface area contributed by atoms with Crippen LogP contribution in [0.25, 0.3) is 11.4 Å². The smallest absolute Gasteiger partial charge is 0.243 e. The molecular formula is C10H13N3O2S. The molecular weight excluding hydrogens is 226 g/mol. The zero-order valence-electron chi connectivity index (χ0n) is 8.92. The Bertz CT molecular complexity index is 427. The standard InChI is InChI=1S/C10H13N3O2S/c1-16-5-3-8(11)10-12-9(13-15-10)7-2-4-14-6-7/h2,4,6,8H,3,5,11H2,1H3/t8-/m1/s1. The Morgan fingerprint density at radius 1 is 1.56 bits per heavy atom. The van der Waals surface area contributed by atoms with E-state index in [0.717, 1.165) is 17.7 Å². The van der Waals surface area contributed by atoms with Crippen molar-refractivity contribution in [3.63, 3.8) is 0 Å². The van der Waals surface area contributed by atoms with E-state index in [1.165, 1.54) is 0 Å². The van der Waals surface area contributed by atoms with Gasteiger partial charge in [0.1, 0.15) is 6.26 Å². The predicted molar refractivity (Wildman–Crippen MR) is 61.9 cm³/mol. The topological polar surface area (TPSA) is 78.1 Å². The molecule has 0 aromatic carbocycles. The van der Waals surface area contributed by atoms with Gasteiger partial charge in [-0.3, -0.25) is 0 Å². The molecule has 2 rings (SSSR count). The third kappa shape index (κ3) is 2.45. The Labute approximate surface area is 97.4 Å². The van der Waals surface area contributed by atoms with Crippen LogP contribution < -0.4 is 5.73 Å². The van der Waals surface area contributed by atoms with Crippen LogP contribution >= 0.6 is 11.8 Å². The molecule has 0 aliphatic carbocycles. The van der Waals surface area contributed by atoms with E-state index in [0.29, 0.717) is 11.7 Å². The number of thioether (sulfide) groups is 1. The Morgan fingerprint density at radius 3 is 3.12 bits per heavy atom. The van der Waals surface area contributed by atoms with Crippen molar-refractivity contribution in [2.24, 2.45) is 5.73 Å². The average Bonchev–Trinajstić information content (AvgIpc) is 2.94. The van der Waals surface area contributed by atoms with E-state index in [-0.39, 0.29) is 6.04 Å². The molecule has 16 heavy (non-hydrogen) atoms. The molecule has 2 aromatic rings. The second-order valence-corrected chi connectivity index (χ2v) is 4.34. The molecule has 86 valence electrons. The lowest BCUT2D eigenvalue weighted by Gasteiger charge is -2.03. The first-order chi connectivity index (χ1) is 7.81. The maximum absolute atomic E-state index is 5.91. The molecule has 2 aromatic heterocycles. The summed E-state index contributed by atoms with van der Waals surface area (Å²) in [7, 11) is 0. The van der Waals surface area contributed by atoms with Gasteiger partial charge in [-0.15, -0.1) is 0 Å². The van der Waals surface area contributed by atoms with Gasteiger partial charge < -0.3 is 14.7 Å². The first-order valence-corrected chi connectivity index (χ1v) is 6.31. The van der Waals surface area contributed by atoms with Crippen LogP contribution in [0.3, 0.4) is 0 Å². The Morgan fingerprint density at radius 2 is 2.44 bits per heavy atom. The molecule has 6 heteroatoms. The van der Waals surface area contributed by atoms with E-state index < -0.39 is 0 Å². The van der Waals surface area contributed by atoms with Crippen molar-refractivity contribution in [1.82, 2.24) is 10.1 Å². The minimum absolute atomic E-state index is 0.194. The molecule has 0 amide bonds. The summed E-state index contributed by atoms with van der Waals surface area (Å²) < 4.78 is 10.1. The second-order valence-electron chi connectivity index (χ2n) is 3.36. The van der Waals surface area contributed by atoms with Crippen LogP contribution in [-0.2, 0) is 0 Å². The lowest BCUT2D eigenvalue weighted by molar-refractivity contribution is 0.353. The zero-order valence-corrected chi connectivity index (χ0v) is 9.74. The molecule has 0 fully saturated rings. The molecule has 1 atom stereocenters. The first-order valence-electron chi connectivity index (χ1n) is 4.92. The fraction of sp³-hybridized carbons (Fsp3) is 0.400. The summed E-state index contributed by atoms with van der Waals surface area (Å²) in [5.41, 5.74) is 6.71. The molecule has 0 bridgehead atoms. The van der Waals surface area contributed by atoms with Gasteiger partial charge in [0.05, 0.1) is 17.9 Å². The van der Waals surface area contributed by atoms with Crippen LogP contribution in [0.15, 0.2) is 27.5 Å². The monoisotopic (exact) mass is 239 g/mol. The van der Waals surface area contributed by atoms with Gasteiger partial charge in [-0.25, -0.2) is 0 Å². The fourth-order valence-electron chi connectivity index (χ4n) is 1.26. The predicted octanol–water partition coefficient (Wildman–Crippen LogP) is 2.08. The summed E-state index contributed by atoms with van der Waals surface area (Å²) in [4.78, 5) is 4.23. The minimum Gasteiger partial charge on any atom is -0.472 e. The normalized spacial score (nSPS) is 12.9. The van der Waals surface area contributed by atoms with E-state index in [2.05, 4.69) is 10.1 Å². The Balaban J connectivity index is 2.07. The average molecular weight is 239 g/mol. The van der Waals surface area contributed by atoms with Gasteiger partial charge in [0.15, 0.2) is 0 Å². The summed E-state index contributed by atoms with van der Waals surface area (Å²) >= 11 is 1.74. The molecule has 0 aliphatic heterocycles. The Kier molecular flexibility index (Phi) is 3.63. The third-order valence-corrected chi connectivity index (χ3v) is 2.82. The lowest BCUT2D eigenvalue weighted by Crippen LogP contribution is -2.11. The van der Waals surface area contributed by atoms with Crippen LogP contribution in [0.4, 0.5) is 0 Å². The van der Waals surface area contributed by atoms with Gasteiger partial charge in [0, 0.05) is 0 Å². The van der Waals surface area contributed by atoms with E-state index in [4.69, 9.17) is 14.7 Å². The quantitative estimate of drug-likeness (QED) is 0.860. The SMILES string of the molecule is CSCC[C@@H](N)c1nc(-c2ccoc2)no1. The lowest BCUT2D eigenvalue weighted by atomic mass is 10.2. The van der Waals surface area contributed by atoms with Gasteiger partial charge in [-0.05, 0) is 24.5 Å². The number of nitrogens with two attached hydrogens (primary N) is 1. The summed E-state index contributed by atoms with van der Waals surface area (Å²) in [5.74, 6) is 1.97. The van der Waals surface area contributed by atoms with Crippen LogP contribution in [0.5, 0.6) is 0 Å². The summed E-state index contributed by atoms with van der Waals surface area (Å²) in [6.45, 7) is 0. The largest absolute Gasteiger partial charge is 0.472 e. The molecule has 0 unspecified atom stereocenters. The number of furan rings is 1. The number of aromatic nitrogens is 2. The van der Waals surface area contributed by atoms with Gasteiger partial charge in [-0.2, -0.15) is 16.7 Å². The summed E-state index contributed by atoms with van der Waals surface area (Å²) in [6, 6.07) is 1.59. The van der Waals surface area contributed by atoms with Crippen molar-refractivity contribution >= 4 is 11.8 Å². The van der Waals surface area contributed by atoms with E-state index in [1.54, 1.807) is 30.4 Å². The van der Waals surface area contributed by atoms with E-state index in [9.17, 15) is 0 Å². The highest BCUT2D eigenvalue weighted by atomic mass is 32.2. The first kappa shape index (κ1) is 11.2. The summed E-state index contributed by atoms with van der Waals surface area (Å²) in [6.07, 6.45) is 6.01. The molecule has 2 heterocycles. The van der Waals surface area contributed by atoms with Crippen LogP contribution in [0.1, 0.15) is 18.4 Å². The number of hydrogen-bond acceptors (Lipinski definition) is 6. The molecule has 0 aliphatic rings. The van der Waals surface area contributed by atoms with Gasteiger partial charge in [-0.1, -0.05) is 5.16 Å². The fourth-order valence-corrected chi connectivity index (χ4v) is 1.75. The molecule has 0 spiro atoms. The van der Waals surface area contributed by atoms with Crippen molar-refractivity contribution in [1.29, 1.82) is 0 Å². The number of rotatable bonds is 5. The second kappa shape index (κ2) is 5.18. The molecule has 5 nitrogen and oxygen atoms in total. The van der Waals surface area contributed by atoms with Crippen molar-refractivity contribution in [2.45, 2.75) is 12.5 Å². The van der Waals surface area contributed by atoms with E-state index >= 15 is 0 Å². The van der Waals surface area contributed by atoms with Crippen molar-refractivity contribution in [2.75, 3.05) is 12.0 Å². The van der Waals surface area contributed by atoms with Crippen molar-refractivity contribution in [3.8, 4) is 11.4 Å². The number of hydrogen-bond donors (Lipinski definition) is 1. The highest BCUT2D eigenvalue weighted by Crippen LogP contribution is 2.20. The molecule has 0 radical (unpaired) electrons. The molecule has 0 saturated carbocycles. The summed E-state index contributed by atoms with van der Waals surface area (Å²) in [5, 5.41) is 3.85. The molecule has 0 saturated heterocycles. The van der Waals surface area contributed by atoms with Gasteiger partial charge >= 0.3 is 0 Å². The van der Waals surface area contributed by atoms with Crippen molar-refractivity contribution < 1.29 is 8.94 Å². The van der Waals surface area contributed by atoms with Gasteiger partial charge in [0.25, 0.3) is 0 Å². The highest BCUT2D eigenvalue weighted by Gasteiger charge is 2.15. The van der Waals surface area contributed by atoms with E-state index in [1.807, 2.05) is 6.26 Å². The van der Waals surface area contributed by atoms with Gasteiger partial charge in [0.2, 0.25) is 11.7 Å². The number of nitrogens with zero attached hydrogens (tertiary/aromatic N) is 2. The van der Waals surface area contributed by atoms with Crippen LogP contribution in [-0.4, -0.2) is 22.1 Å². The maximum atomic E-state index is 5.91. The van der Waals surface area contributed by atoms with Crippen LogP contribution in [0.2, 0.25) is 0 Å². The zero-order chi connectivity index (χ0) is 11.4. The third-order valence-electron chi connectivity index (χ3n) is 2.17. The van der Waals surface area contributed by atoms with Crippen LogP contribution in [0, 0.1) is 0 Å². The Hall–Kier alpha value is -1.27. The minimum atomic E-state index is -0.194. The molecule has 2 N–H and O–H groups in total. The van der Waals surface area contributed by atoms with Crippen molar-refractivity contribution in [3.05, 3.63) is 24.5 Å².